The summed E-state index contributed by atoms with van der Waals surface area (Å²) in [5.74, 6) is 0. The SMILES string of the molecule is c1csc(Cc2ccc3ccccc3c2)c1. The molecule has 0 atom stereocenters. The monoisotopic (exact) mass is 224 g/mol. The van der Waals surface area contributed by atoms with Crippen LogP contribution in [0.5, 0.6) is 0 Å². The van der Waals surface area contributed by atoms with Crippen LogP contribution < -0.4 is 0 Å². The summed E-state index contributed by atoms with van der Waals surface area (Å²) in [6.45, 7) is 0. The van der Waals surface area contributed by atoms with Crippen LogP contribution in [0.25, 0.3) is 10.8 Å². The molecule has 0 aliphatic rings. The van der Waals surface area contributed by atoms with E-state index >= 15 is 0 Å². The van der Waals surface area contributed by atoms with Crippen molar-refractivity contribution in [1.29, 1.82) is 0 Å². The maximum Gasteiger partial charge on any atom is 0.00890 e. The van der Waals surface area contributed by atoms with Crippen molar-refractivity contribution in [3.8, 4) is 0 Å². The Morgan fingerprint density at radius 2 is 1.69 bits per heavy atom. The molecule has 16 heavy (non-hydrogen) atoms. The van der Waals surface area contributed by atoms with Gasteiger partial charge in [0.25, 0.3) is 0 Å². The lowest BCUT2D eigenvalue weighted by atomic mass is 10.0. The van der Waals surface area contributed by atoms with Crippen LogP contribution in [0, 0.1) is 0 Å². The number of hydrogen-bond donors (Lipinski definition) is 0. The number of fused-ring (bicyclic) bond motifs is 1. The Labute approximate surface area is 99.2 Å². The minimum Gasteiger partial charge on any atom is -0.149 e. The van der Waals surface area contributed by atoms with Gasteiger partial charge in [-0.2, -0.15) is 0 Å². The van der Waals surface area contributed by atoms with Crippen molar-refractivity contribution in [1.82, 2.24) is 0 Å². The zero-order valence-corrected chi connectivity index (χ0v) is 9.71. The minimum atomic E-state index is 1.04. The summed E-state index contributed by atoms with van der Waals surface area (Å²) in [6, 6.07) is 19.5. The van der Waals surface area contributed by atoms with E-state index in [-0.39, 0.29) is 0 Å². The highest BCUT2D eigenvalue weighted by Gasteiger charge is 1.98. The molecule has 0 aliphatic carbocycles. The van der Waals surface area contributed by atoms with Crippen LogP contribution >= 0.6 is 11.3 Å². The summed E-state index contributed by atoms with van der Waals surface area (Å²) < 4.78 is 0. The third-order valence-corrected chi connectivity index (χ3v) is 3.65. The van der Waals surface area contributed by atoms with Crippen LogP contribution in [-0.2, 0) is 6.42 Å². The predicted molar refractivity (Wildman–Crippen MR) is 71.1 cm³/mol. The minimum absolute atomic E-state index is 1.04. The van der Waals surface area contributed by atoms with Crippen molar-refractivity contribution in [2.75, 3.05) is 0 Å². The van der Waals surface area contributed by atoms with E-state index in [1.165, 1.54) is 21.2 Å². The van der Waals surface area contributed by atoms with Gasteiger partial charge in [-0.05, 0) is 27.8 Å². The highest BCUT2D eigenvalue weighted by molar-refractivity contribution is 7.09. The van der Waals surface area contributed by atoms with Gasteiger partial charge in [0.2, 0.25) is 0 Å². The van der Waals surface area contributed by atoms with E-state index in [1.54, 1.807) is 0 Å². The quantitative estimate of drug-likeness (QED) is 0.601. The Morgan fingerprint density at radius 3 is 2.50 bits per heavy atom. The highest BCUT2D eigenvalue weighted by Crippen LogP contribution is 2.19. The number of thiophene rings is 1. The van der Waals surface area contributed by atoms with Gasteiger partial charge in [-0.25, -0.2) is 0 Å². The second-order valence-electron chi connectivity index (χ2n) is 3.94. The van der Waals surface area contributed by atoms with E-state index in [4.69, 9.17) is 0 Å². The summed E-state index contributed by atoms with van der Waals surface area (Å²) in [4.78, 5) is 1.43. The molecule has 0 saturated carbocycles. The molecule has 0 spiro atoms. The average molecular weight is 224 g/mol. The fourth-order valence-electron chi connectivity index (χ4n) is 1.96. The van der Waals surface area contributed by atoms with Gasteiger partial charge in [-0.1, -0.05) is 48.5 Å². The van der Waals surface area contributed by atoms with Crippen LogP contribution in [0.4, 0.5) is 0 Å². The maximum absolute atomic E-state index is 2.29. The zero-order valence-electron chi connectivity index (χ0n) is 8.89. The Bertz CT molecular complexity index is 594. The van der Waals surface area contributed by atoms with E-state index in [9.17, 15) is 0 Å². The summed E-state index contributed by atoms with van der Waals surface area (Å²) in [7, 11) is 0. The molecule has 3 aromatic rings. The average Bonchev–Trinajstić information content (AvgIpc) is 2.82. The second kappa shape index (κ2) is 4.11. The van der Waals surface area contributed by atoms with Crippen molar-refractivity contribution < 1.29 is 0 Å². The van der Waals surface area contributed by atoms with Gasteiger partial charge < -0.3 is 0 Å². The van der Waals surface area contributed by atoms with Gasteiger partial charge in [-0.15, -0.1) is 11.3 Å². The third kappa shape index (κ3) is 1.86. The van der Waals surface area contributed by atoms with Gasteiger partial charge in [0, 0.05) is 11.3 Å². The smallest absolute Gasteiger partial charge is 0.00890 e. The summed E-state index contributed by atoms with van der Waals surface area (Å²) in [5, 5.41) is 4.78. The Kier molecular flexibility index (Phi) is 2.47. The molecule has 0 N–H and O–H groups in total. The molecule has 0 bridgehead atoms. The van der Waals surface area contributed by atoms with Gasteiger partial charge in [0.05, 0.1) is 0 Å². The van der Waals surface area contributed by atoms with E-state index in [0.717, 1.165) is 6.42 Å². The van der Waals surface area contributed by atoms with Crippen molar-refractivity contribution in [2.24, 2.45) is 0 Å². The van der Waals surface area contributed by atoms with Crippen LogP contribution in [0.15, 0.2) is 60.0 Å². The first-order valence-electron chi connectivity index (χ1n) is 5.42. The van der Waals surface area contributed by atoms with Gasteiger partial charge in [0.15, 0.2) is 0 Å². The predicted octanol–water partition coefficient (Wildman–Crippen LogP) is 4.49. The fourth-order valence-corrected chi connectivity index (χ4v) is 2.70. The van der Waals surface area contributed by atoms with Crippen molar-refractivity contribution in [2.45, 2.75) is 6.42 Å². The molecule has 1 heteroatoms. The molecule has 0 nitrogen and oxygen atoms in total. The van der Waals surface area contributed by atoms with E-state index in [2.05, 4.69) is 60.0 Å². The lowest BCUT2D eigenvalue weighted by molar-refractivity contribution is 1.25. The first-order valence-corrected chi connectivity index (χ1v) is 6.30. The van der Waals surface area contributed by atoms with Gasteiger partial charge in [0.1, 0.15) is 0 Å². The van der Waals surface area contributed by atoms with E-state index in [1.807, 2.05) is 11.3 Å². The largest absolute Gasteiger partial charge is 0.149 e. The van der Waals surface area contributed by atoms with Crippen molar-refractivity contribution >= 4 is 22.1 Å². The molecule has 0 amide bonds. The van der Waals surface area contributed by atoms with Crippen LogP contribution in [-0.4, -0.2) is 0 Å². The molecule has 2 aromatic carbocycles. The highest BCUT2D eigenvalue weighted by atomic mass is 32.1. The number of hydrogen-bond acceptors (Lipinski definition) is 1. The molecule has 0 aliphatic heterocycles. The lowest BCUT2D eigenvalue weighted by Gasteiger charge is -2.02. The van der Waals surface area contributed by atoms with Gasteiger partial charge in [-0.3, -0.25) is 0 Å². The molecular formula is C15H12S. The van der Waals surface area contributed by atoms with Gasteiger partial charge >= 0.3 is 0 Å². The molecule has 0 radical (unpaired) electrons. The van der Waals surface area contributed by atoms with Crippen molar-refractivity contribution in [3.63, 3.8) is 0 Å². The Balaban J connectivity index is 1.99. The normalized spacial score (nSPS) is 10.8. The summed E-state index contributed by atoms with van der Waals surface area (Å²) in [6.07, 6.45) is 1.04. The molecule has 1 heterocycles. The Morgan fingerprint density at radius 1 is 0.812 bits per heavy atom. The van der Waals surface area contributed by atoms with Crippen LogP contribution in [0.1, 0.15) is 10.4 Å². The topological polar surface area (TPSA) is 0 Å². The fraction of sp³-hybridized carbons (Fsp3) is 0.0667. The van der Waals surface area contributed by atoms with E-state index in [0.29, 0.717) is 0 Å². The summed E-state index contributed by atoms with van der Waals surface area (Å²) in [5.41, 5.74) is 1.39. The summed E-state index contributed by atoms with van der Waals surface area (Å²) >= 11 is 1.82. The number of benzene rings is 2. The molecule has 3 rings (SSSR count). The third-order valence-electron chi connectivity index (χ3n) is 2.77. The van der Waals surface area contributed by atoms with Crippen LogP contribution in [0.3, 0.4) is 0 Å². The first kappa shape index (κ1) is 9.61. The molecule has 0 fully saturated rings. The second-order valence-corrected chi connectivity index (χ2v) is 4.97. The zero-order chi connectivity index (χ0) is 10.8. The molecule has 0 unspecified atom stereocenters. The van der Waals surface area contributed by atoms with Crippen LogP contribution in [0.2, 0.25) is 0 Å². The molecule has 0 saturated heterocycles. The molecule has 1 aromatic heterocycles. The van der Waals surface area contributed by atoms with E-state index < -0.39 is 0 Å². The number of rotatable bonds is 2. The maximum atomic E-state index is 2.29. The molecule has 78 valence electrons. The lowest BCUT2D eigenvalue weighted by Crippen LogP contribution is -1.84. The standard InChI is InChI=1S/C15H12S/c1-2-5-14-10-12(7-8-13(14)4-1)11-15-6-3-9-16-15/h1-10H,11H2. The first-order chi connectivity index (χ1) is 7.92. The van der Waals surface area contributed by atoms with Crippen molar-refractivity contribution in [3.05, 3.63) is 70.4 Å². The molecular weight excluding hydrogens is 212 g/mol. The Hall–Kier alpha value is -1.60.